The molecule has 36 heavy (non-hydrogen) atoms. The molecule has 0 unspecified atom stereocenters. The number of hydrogen-bond donors (Lipinski definition) is 0. The number of imidazole rings is 1. The van der Waals surface area contributed by atoms with E-state index < -0.39 is 15.8 Å². The number of nitrogens with zero attached hydrogens (tertiary/aromatic N) is 4. The minimum atomic E-state index is -0.759. The van der Waals surface area contributed by atoms with Crippen LogP contribution < -0.4 is 0 Å². The zero-order chi connectivity index (χ0) is 25.7. The summed E-state index contributed by atoms with van der Waals surface area (Å²) in [6.07, 6.45) is 4.89. The van der Waals surface area contributed by atoms with E-state index in [1.54, 1.807) is 30.6 Å². The molecule has 11 heteroatoms. The molecule has 0 aliphatic carbocycles. The summed E-state index contributed by atoms with van der Waals surface area (Å²) >= 11 is 5.96. The summed E-state index contributed by atoms with van der Waals surface area (Å²) in [6.45, 7) is 0.465. The van der Waals surface area contributed by atoms with Crippen LogP contribution in [0.25, 0.3) is 11.8 Å². The highest BCUT2D eigenvalue weighted by atomic mass is 35.5. The molecule has 0 aliphatic rings. The highest BCUT2D eigenvalue weighted by Crippen LogP contribution is 2.24. The molecular weight excluding hydrogens is 488 g/mol. The number of rotatable bonds is 8. The normalized spacial score (nSPS) is 11.2. The Morgan fingerprint density at radius 2 is 1.44 bits per heavy atom. The van der Waals surface area contributed by atoms with E-state index in [9.17, 15) is 25.0 Å². The van der Waals surface area contributed by atoms with Crippen molar-refractivity contribution < 1.29 is 19.4 Å². The summed E-state index contributed by atoms with van der Waals surface area (Å²) in [7, 11) is 0. The Morgan fingerprint density at radius 3 is 2.00 bits per heavy atom. The lowest BCUT2D eigenvalue weighted by Gasteiger charge is -2.11. The molecule has 0 bridgehead atoms. The first kappa shape index (κ1) is 24.3. The number of esters is 1. The number of non-ortho nitro benzene ring substituents is 2. The Hall–Kier alpha value is -4.83. The predicted molar refractivity (Wildman–Crippen MR) is 132 cm³/mol. The topological polar surface area (TPSA) is 130 Å². The molecule has 1 heterocycles. The van der Waals surface area contributed by atoms with Crippen LogP contribution in [0.5, 0.6) is 0 Å². The van der Waals surface area contributed by atoms with Crippen molar-refractivity contribution in [2.75, 3.05) is 0 Å². The van der Waals surface area contributed by atoms with Gasteiger partial charge in [-0.05, 0) is 42.0 Å². The fraction of sp³-hybridized carbons (Fsp3) is 0.0400. The third-order valence-corrected chi connectivity index (χ3v) is 5.41. The molecule has 0 fully saturated rings. The highest BCUT2D eigenvalue weighted by molar-refractivity contribution is 6.30. The van der Waals surface area contributed by atoms with Crippen molar-refractivity contribution >= 4 is 40.8 Å². The molecule has 4 aromatic rings. The monoisotopic (exact) mass is 504 g/mol. The Kier molecular flexibility index (Phi) is 7.17. The summed E-state index contributed by atoms with van der Waals surface area (Å²) in [4.78, 5) is 38.0. The maximum absolute atomic E-state index is 12.8. The van der Waals surface area contributed by atoms with Crippen LogP contribution in [-0.2, 0) is 11.3 Å². The molecule has 1 aromatic heterocycles. The van der Waals surface area contributed by atoms with E-state index in [1.165, 1.54) is 48.5 Å². The van der Waals surface area contributed by atoms with Crippen molar-refractivity contribution in [3.05, 3.63) is 133 Å². The maximum atomic E-state index is 12.8. The number of aromatic nitrogens is 2. The van der Waals surface area contributed by atoms with Crippen molar-refractivity contribution in [2.24, 2.45) is 0 Å². The number of carbonyl (C=O) groups is 1. The Morgan fingerprint density at radius 1 is 0.889 bits per heavy atom. The SMILES string of the molecule is O=C(OC(=Cc1nccn1Cc1ccc(Cl)cc1)c1ccc([N+](=O)[O-])cc1)c1ccc([N+](=O)[O-])cc1. The molecular formula is C25H17ClN4O6. The summed E-state index contributed by atoms with van der Waals surface area (Å²) in [5.74, 6) is -0.197. The minimum absolute atomic E-state index is 0.0943. The van der Waals surface area contributed by atoms with Crippen LogP contribution >= 0.6 is 11.6 Å². The van der Waals surface area contributed by atoms with Crippen molar-refractivity contribution in [1.29, 1.82) is 0 Å². The van der Waals surface area contributed by atoms with Crippen molar-refractivity contribution in [1.82, 2.24) is 9.55 Å². The quantitative estimate of drug-likeness (QED) is 0.129. The predicted octanol–water partition coefficient (Wildman–Crippen LogP) is 5.76. The fourth-order valence-corrected chi connectivity index (χ4v) is 3.42. The molecule has 0 saturated heterocycles. The van der Waals surface area contributed by atoms with Crippen LogP contribution in [0.1, 0.15) is 27.3 Å². The summed E-state index contributed by atoms with van der Waals surface area (Å²) in [5, 5.41) is 22.6. The number of hydrogen-bond acceptors (Lipinski definition) is 7. The van der Waals surface area contributed by atoms with Gasteiger partial charge in [0.2, 0.25) is 0 Å². The standard InChI is InChI=1S/C25H17ClN4O6/c26-20-7-1-17(2-8-20)16-28-14-13-27-24(28)15-23(18-3-9-21(10-4-18)29(32)33)36-25(31)19-5-11-22(12-6-19)30(34)35/h1-15H,16H2. The first-order valence-electron chi connectivity index (χ1n) is 10.5. The summed E-state index contributed by atoms with van der Waals surface area (Å²) < 4.78 is 7.46. The van der Waals surface area contributed by atoms with Gasteiger partial charge < -0.3 is 9.30 Å². The van der Waals surface area contributed by atoms with Crippen molar-refractivity contribution in [3.63, 3.8) is 0 Å². The molecule has 0 aliphatic heterocycles. The lowest BCUT2D eigenvalue weighted by atomic mass is 10.1. The van der Waals surface area contributed by atoms with Crippen LogP contribution in [0.15, 0.2) is 85.2 Å². The van der Waals surface area contributed by atoms with Gasteiger partial charge in [0.25, 0.3) is 11.4 Å². The lowest BCUT2D eigenvalue weighted by molar-refractivity contribution is -0.385. The van der Waals surface area contributed by atoms with E-state index in [1.807, 2.05) is 16.7 Å². The van der Waals surface area contributed by atoms with Crippen LogP contribution in [0.2, 0.25) is 5.02 Å². The molecule has 180 valence electrons. The van der Waals surface area contributed by atoms with E-state index in [2.05, 4.69) is 4.98 Å². The Bertz CT molecular complexity index is 1450. The Balaban J connectivity index is 1.67. The van der Waals surface area contributed by atoms with Gasteiger partial charge in [0.15, 0.2) is 0 Å². The molecule has 0 atom stereocenters. The van der Waals surface area contributed by atoms with E-state index in [4.69, 9.17) is 16.3 Å². The zero-order valence-corrected chi connectivity index (χ0v) is 19.2. The average Bonchev–Trinajstić information content (AvgIpc) is 3.31. The van der Waals surface area contributed by atoms with Gasteiger partial charge in [-0.2, -0.15) is 0 Å². The van der Waals surface area contributed by atoms with E-state index in [-0.39, 0.29) is 22.7 Å². The maximum Gasteiger partial charge on any atom is 0.343 e. The van der Waals surface area contributed by atoms with Gasteiger partial charge in [0.05, 0.1) is 15.4 Å². The van der Waals surface area contributed by atoms with Crippen LogP contribution in [0.3, 0.4) is 0 Å². The van der Waals surface area contributed by atoms with E-state index in [0.717, 1.165) is 5.56 Å². The first-order valence-corrected chi connectivity index (χ1v) is 10.9. The Labute approximate surface area is 209 Å². The van der Waals surface area contributed by atoms with Crippen LogP contribution in [0.4, 0.5) is 11.4 Å². The van der Waals surface area contributed by atoms with Gasteiger partial charge in [0, 0.05) is 59.9 Å². The average molecular weight is 505 g/mol. The molecule has 0 N–H and O–H groups in total. The van der Waals surface area contributed by atoms with Crippen LogP contribution in [0, 0.1) is 20.2 Å². The third kappa shape index (κ3) is 5.80. The number of benzene rings is 3. The van der Waals surface area contributed by atoms with Gasteiger partial charge in [-0.25, -0.2) is 9.78 Å². The number of ether oxygens (including phenoxy) is 1. The van der Waals surface area contributed by atoms with Crippen LogP contribution in [-0.4, -0.2) is 25.4 Å². The largest absolute Gasteiger partial charge is 0.422 e. The van der Waals surface area contributed by atoms with Gasteiger partial charge in [-0.3, -0.25) is 20.2 Å². The molecule has 10 nitrogen and oxygen atoms in total. The smallest absolute Gasteiger partial charge is 0.343 e. The first-order chi connectivity index (χ1) is 17.3. The zero-order valence-electron chi connectivity index (χ0n) is 18.5. The molecule has 0 spiro atoms. The minimum Gasteiger partial charge on any atom is -0.422 e. The number of carbonyl (C=O) groups excluding carboxylic acids is 1. The van der Waals surface area contributed by atoms with E-state index >= 15 is 0 Å². The fourth-order valence-electron chi connectivity index (χ4n) is 3.30. The van der Waals surface area contributed by atoms with Gasteiger partial charge >= 0.3 is 5.97 Å². The number of nitro groups is 2. The number of nitro benzene ring substituents is 2. The van der Waals surface area contributed by atoms with Crippen molar-refractivity contribution in [2.45, 2.75) is 6.54 Å². The molecule has 3 aromatic carbocycles. The second-order valence-electron chi connectivity index (χ2n) is 7.55. The number of halogens is 1. The molecule has 0 amide bonds. The summed E-state index contributed by atoms with van der Waals surface area (Å²) in [6, 6.07) is 17.8. The van der Waals surface area contributed by atoms with Gasteiger partial charge in [-0.1, -0.05) is 23.7 Å². The lowest BCUT2D eigenvalue weighted by Crippen LogP contribution is -2.06. The molecule has 4 rings (SSSR count). The second-order valence-corrected chi connectivity index (χ2v) is 7.98. The molecule has 0 radical (unpaired) electrons. The van der Waals surface area contributed by atoms with Gasteiger partial charge in [0.1, 0.15) is 11.6 Å². The second kappa shape index (κ2) is 10.6. The summed E-state index contributed by atoms with van der Waals surface area (Å²) in [5.41, 5.74) is 1.17. The van der Waals surface area contributed by atoms with Gasteiger partial charge in [-0.15, -0.1) is 0 Å². The van der Waals surface area contributed by atoms with Crippen molar-refractivity contribution in [3.8, 4) is 0 Å². The highest BCUT2D eigenvalue weighted by Gasteiger charge is 2.16. The third-order valence-electron chi connectivity index (χ3n) is 5.15. The van der Waals surface area contributed by atoms with E-state index in [0.29, 0.717) is 23.0 Å². The molecule has 0 saturated carbocycles.